The Kier molecular flexibility index (Phi) is 2.52. The van der Waals surface area contributed by atoms with Crippen molar-refractivity contribution in [2.45, 2.75) is 28.5 Å². The second-order valence-electron chi connectivity index (χ2n) is 5.01. The van der Waals surface area contributed by atoms with E-state index in [0.29, 0.717) is 5.56 Å². The number of nitrogens with two attached hydrogens (primary N) is 1. The number of rotatable bonds is 3. The molecule has 98 valence electrons. The molecule has 1 heterocycles. The summed E-state index contributed by atoms with van der Waals surface area (Å²) in [6, 6.07) is 4.19. The van der Waals surface area contributed by atoms with E-state index in [1.807, 2.05) is 0 Å². The van der Waals surface area contributed by atoms with Crippen LogP contribution in [0, 0.1) is 5.82 Å². The number of benzene rings is 1. The van der Waals surface area contributed by atoms with Gasteiger partial charge in [0.1, 0.15) is 16.0 Å². The maximum Gasteiger partial charge on any atom is 0.188 e. The number of hydrogen-bond acceptors (Lipinski definition) is 4. The first-order valence-corrected chi connectivity index (χ1v) is 7.39. The van der Waals surface area contributed by atoms with Gasteiger partial charge in [0.15, 0.2) is 9.84 Å². The lowest BCUT2D eigenvalue weighted by molar-refractivity contribution is 0.0415. The molecule has 0 bridgehead atoms. The van der Waals surface area contributed by atoms with Crippen molar-refractivity contribution in [3.63, 3.8) is 0 Å². The summed E-state index contributed by atoms with van der Waals surface area (Å²) in [5.74, 6) is -0.712. The highest BCUT2D eigenvalue weighted by Gasteiger charge is 2.41. The van der Waals surface area contributed by atoms with Crippen molar-refractivity contribution in [3.8, 4) is 0 Å². The van der Waals surface area contributed by atoms with Crippen LogP contribution in [0.5, 0.6) is 0 Å². The highest BCUT2D eigenvalue weighted by atomic mass is 32.2. The highest BCUT2D eigenvalue weighted by Crippen LogP contribution is 2.43. The average molecular weight is 271 g/mol. The van der Waals surface area contributed by atoms with Crippen molar-refractivity contribution < 1.29 is 17.5 Å². The third-order valence-corrected chi connectivity index (χ3v) is 5.74. The smallest absolute Gasteiger partial charge is 0.188 e. The maximum absolute atomic E-state index is 13.9. The van der Waals surface area contributed by atoms with Crippen LogP contribution in [0.4, 0.5) is 4.39 Å². The Morgan fingerprint density at radius 3 is 2.44 bits per heavy atom. The van der Waals surface area contributed by atoms with E-state index in [0.717, 1.165) is 12.8 Å². The zero-order valence-corrected chi connectivity index (χ0v) is 10.5. The Labute approximate surface area is 105 Å². The van der Waals surface area contributed by atoms with Gasteiger partial charge in [0.05, 0.1) is 13.2 Å². The maximum atomic E-state index is 13.9. The molecule has 0 spiro atoms. The quantitative estimate of drug-likeness (QED) is 0.888. The molecule has 1 saturated heterocycles. The summed E-state index contributed by atoms with van der Waals surface area (Å²) in [5, 5.41) is -0.620. The molecule has 0 unspecified atom stereocenters. The molecular weight excluding hydrogens is 257 g/mol. The normalized spacial score (nSPS) is 22.6. The Balaban J connectivity index is 1.98. The Morgan fingerprint density at radius 2 is 2.00 bits per heavy atom. The molecule has 1 aromatic rings. The zero-order valence-electron chi connectivity index (χ0n) is 9.73. The topological polar surface area (TPSA) is 69.4 Å². The second kappa shape index (κ2) is 3.76. The second-order valence-corrected chi connectivity index (χ2v) is 7.20. The van der Waals surface area contributed by atoms with Crippen LogP contribution in [-0.2, 0) is 20.1 Å². The lowest BCUT2D eigenvalue weighted by atomic mass is 10.1. The van der Waals surface area contributed by atoms with Crippen LogP contribution in [0.3, 0.4) is 0 Å². The molecular formula is C12H14FNO3S. The fraction of sp³-hybridized carbons (Fsp3) is 0.500. The van der Waals surface area contributed by atoms with Crippen molar-refractivity contribution in [2.75, 3.05) is 13.2 Å². The number of sulfone groups is 1. The molecule has 1 aliphatic carbocycles. The molecule has 1 aliphatic heterocycles. The minimum atomic E-state index is -3.62. The lowest BCUT2D eigenvalue weighted by Crippen LogP contribution is -2.41. The Morgan fingerprint density at radius 1 is 1.33 bits per heavy atom. The first-order valence-electron chi connectivity index (χ1n) is 5.84. The van der Waals surface area contributed by atoms with E-state index in [1.165, 1.54) is 12.1 Å². The first-order chi connectivity index (χ1) is 8.43. The van der Waals surface area contributed by atoms with E-state index in [1.54, 1.807) is 6.07 Å². The average Bonchev–Trinajstić information content (AvgIpc) is 2.93. The van der Waals surface area contributed by atoms with E-state index < -0.39 is 26.4 Å². The van der Waals surface area contributed by atoms with Crippen molar-refractivity contribution >= 4 is 9.84 Å². The number of ether oxygens (including phenoxy) is 1. The minimum absolute atomic E-state index is 0.143. The molecule has 0 aromatic heterocycles. The molecule has 0 amide bonds. The van der Waals surface area contributed by atoms with E-state index >= 15 is 0 Å². The summed E-state index contributed by atoms with van der Waals surface area (Å²) in [6.07, 6.45) is 1.63. The predicted octanol–water partition coefficient (Wildman–Crippen LogP) is 0.946. The SMILES string of the molecule is NC1(c2ccc(S(=O)(=O)C3COC3)c(F)c2)CC1. The van der Waals surface area contributed by atoms with Crippen LogP contribution in [-0.4, -0.2) is 26.9 Å². The molecule has 0 radical (unpaired) electrons. The molecule has 0 atom stereocenters. The van der Waals surface area contributed by atoms with Crippen molar-refractivity contribution in [1.29, 1.82) is 0 Å². The van der Waals surface area contributed by atoms with Gasteiger partial charge in [0.2, 0.25) is 0 Å². The Bertz CT molecular complexity index is 591. The van der Waals surface area contributed by atoms with Gasteiger partial charge in [-0.05, 0) is 30.5 Å². The van der Waals surface area contributed by atoms with Crippen LogP contribution >= 0.6 is 0 Å². The van der Waals surface area contributed by atoms with E-state index in [9.17, 15) is 12.8 Å². The van der Waals surface area contributed by atoms with Gasteiger partial charge >= 0.3 is 0 Å². The van der Waals surface area contributed by atoms with E-state index in [2.05, 4.69) is 0 Å². The van der Waals surface area contributed by atoms with Crippen LogP contribution in [0.25, 0.3) is 0 Å². The Hall–Kier alpha value is -0.980. The van der Waals surface area contributed by atoms with Gasteiger partial charge in [0.25, 0.3) is 0 Å². The van der Waals surface area contributed by atoms with Crippen molar-refractivity contribution in [1.82, 2.24) is 0 Å². The number of hydrogen-bond donors (Lipinski definition) is 1. The van der Waals surface area contributed by atoms with Crippen molar-refractivity contribution in [3.05, 3.63) is 29.6 Å². The van der Waals surface area contributed by atoms with Crippen LogP contribution in [0.1, 0.15) is 18.4 Å². The van der Waals surface area contributed by atoms with E-state index in [-0.39, 0.29) is 18.1 Å². The molecule has 6 heteroatoms. The first kappa shape index (κ1) is 12.1. The fourth-order valence-corrected chi connectivity index (χ4v) is 3.54. The van der Waals surface area contributed by atoms with Gasteiger partial charge < -0.3 is 10.5 Å². The van der Waals surface area contributed by atoms with E-state index in [4.69, 9.17) is 10.5 Å². The third kappa shape index (κ3) is 1.75. The number of halogens is 1. The van der Waals surface area contributed by atoms with Crippen LogP contribution < -0.4 is 5.73 Å². The van der Waals surface area contributed by atoms with Gasteiger partial charge in [-0.25, -0.2) is 12.8 Å². The van der Waals surface area contributed by atoms with Crippen LogP contribution in [0.15, 0.2) is 23.1 Å². The fourth-order valence-electron chi connectivity index (χ4n) is 2.04. The lowest BCUT2D eigenvalue weighted by Gasteiger charge is -2.26. The molecule has 1 aromatic carbocycles. The van der Waals surface area contributed by atoms with Crippen LogP contribution in [0.2, 0.25) is 0 Å². The summed E-state index contributed by atoms with van der Waals surface area (Å²) in [4.78, 5) is -0.246. The molecule has 2 aliphatic rings. The summed E-state index contributed by atoms with van der Waals surface area (Å²) >= 11 is 0. The zero-order chi connectivity index (χ0) is 13.0. The van der Waals surface area contributed by atoms with Crippen molar-refractivity contribution in [2.24, 2.45) is 5.73 Å². The predicted molar refractivity (Wildman–Crippen MR) is 63.3 cm³/mol. The summed E-state index contributed by atoms with van der Waals surface area (Å²) in [6.45, 7) is 0.286. The molecule has 1 saturated carbocycles. The molecule has 4 nitrogen and oxygen atoms in total. The van der Waals surface area contributed by atoms with Gasteiger partial charge in [-0.1, -0.05) is 6.07 Å². The molecule has 2 fully saturated rings. The standard InChI is InChI=1S/C12H14FNO3S/c13-10-5-8(12(14)3-4-12)1-2-11(10)18(15,16)9-6-17-7-9/h1-2,5,9H,3-4,6-7,14H2. The molecule has 3 rings (SSSR count). The van der Waals surface area contributed by atoms with Gasteiger partial charge in [0, 0.05) is 5.54 Å². The van der Waals surface area contributed by atoms with Gasteiger partial charge in [-0.2, -0.15) is 0 Å². The third-order valence-electron chi connectivity index (χ3n) is 3.65. The van der Waals surface area contributed by atoms with Gasteiger partial charge in [-0.15, -0.1) is 0 Å². The molecule has 2 N–H and O–H groups in total. The van der Waals surface area contributed by atoms with Gasteiger partial charge in [-0.3, -0.25) is 0 Å². The monoisotopic (exact) mass is 271 g/mol. The highest BCUT2D eigenvalue weighted by molar-refractivity contribution is 7.92. The summed E-state index contributed by atoms with van der Waals surface area (Å²) in [5.41, 5.74) is 6.17. The summed E-state index contributed by atoms with van der Waals surface area (Å²) < 4.78 is 42.9. The molecule has 18 heavy (non-hydrogen) atoms. The minimum Gasteiger partial charge on any atom is -0.379 e. The summed E-state index contributed by atoms with van der Waals surface area (Å²) in [7, 11) is -3.62. The largest absolute Gasteiger partial charge is 0.379 e.